The molecule has 0 aromatic heterocycles. The number of alkyl halides is 3. The molecule has 0 unspecified atom stereocenters. The molecule has 0 radical (unpaired) electrons. The maximum absolute atomic E-state index is 13.0. The fourth-order valence-corrected chi connectivity index (χ4v) is 2.80. The molecular weight excluding hydrogens is 484 g/mol. The van der Waals surface area contributed by atoms with Gasteiger partial charge in [0.15, 0.2) is 6.61 Å². The third-order valence-electron chi connectivity index (χ3n) is 4.42. The third-order valence-corrected chi connectivity index (χ3v) is 4.42. The first-order valence-corrected chi connectivity index (χ1v) is 10.2. The van der Waals surface area contributed by atoms with Crippen molar-refractivity contribution >= 4 is 35.3 Å². The van der Waals surface area contributed by atoms with Crippen molar-refractivity contribution in [3.05, 3.63) is 89.7 Å². The number of nitrogens with zero attached hydrogens (tertiary/aromatic N) is 1. The molecule has 0 aliphatic carbocycles. The first kappa shape index (κ1) is 25.9. The molecule has 0 saturated carbocycles. The van der Waals surface area contributed by atoms with E-state index in [-0.39, 0.29) is 11.4 Å². The maximum atomic E-state index is 13.0. The number of nitrogens with one attached hydrogen (secondary N) is 3. The second-order valence-electron chi connectivity index (χ2n) is 7.11. The average molecular weight is 502 g/mol. The molecule has 0 saturated heterocycles. The van der Waals surface area contributed by atoms with Crippen molar-refractivity contribution in [2.45, 2.75) is 6.18 Å². The second kappa shape index (κ2) is 11.6. The van der Waals surface area contributed by atoms with E-state index >= 15 is 0 Å². The molecule has 8 nitrogen and oxygen atoms in total. The highest BCUT2D eigenvalue weighted by Crippen LogP contribution is 2.34. The second-order valence-corrected chi connectivity index (χ2v) is 7.11. The first-order chi connectivity index (χ1) is 17.1. The van der Waals surface area contributed by atoms with Crippen LogP contribution in [0.4, 0.5) is 28.9 Å². The summed E-state index contributed by atoms with van der Waals surface area (Å²) in [6.45, 7) is -0.562. The van der Waals surface area contributed by atoms with Crippen LogP contribution in [-0.4, -0.2) is 30.5 Å². The highest BCUT2D eigenvalue weighted by Gasteiger charge is 2.33. The molecule has 186 valence electrons. The molecular formula is C24H18F4N4O4. The number of para-hydroxylation sites is 1. The lowest BCUT2D eigenvalue weighted by Crippen LogP contribution is -2.32. The highest BCUT2D eigenvalue weighted by atomic mass is 19.4. The van der Waals surface area contributed by atoms with Gasteiger partial charge in [-0.3, -0.25) is 14.4 Å². The molecule has 0 aliphatic rings. The summed E-state index contributed by atoms with van der Waals surface area (Å²) >= 11 is 0. The largest absolute Gasteiger partial charge is 0.484 e. The summed E-state index contributed by atoms with van der Waals surface area (Å²) in [7, 11) is 0. The number of benzene rings is 3. The van der Waals surface area contributed by atoms with Crippen LogP contribution in [0.15, 0.2) is 77.9 Å². The molecule has 3 rings (SSSR count). The van der Waals surface area contributed by atoms with Crippen molar-refractivity contribution < 1.29 is 36.7 Å². The fraction of sp³-hybridized carbons (Fsp3) is 0.0833. The minimum absolute atomic E-state index is 0.207. The van der Waals surface area contributed by atoms with Gasteiger partial charge in [0.1, 0.15) is 11.6 Å². The summed E-state index contributed by atoms with van der Waals surface area (Å²) in [5.41, 5.74) is 1.30. The Morgan fingerprint density at radius 2 is 1.61 bits per heavy atom. The summed E-state index contributed by atoms with van der Waals surface area (Å²) in [5.74, 6) is -3.18. The van der Waals surface area contributed by atoms with Crippen molar-refractivity contribution in [1.82, 2.24) is 5.43 Å². The van der Waals surface area contributed by atoms with Crippen LogP contribution < -0.4 is 20.8 Å². The Kier molecular flexibility index (Phi) is 8.34. The van der Waals surface area contributed by atoms with Gasteiger partial charge in [-0.25, -0.2) is 9.82 Å². The number of amides is 3. The maximum Gasteiger partial charge on any atom is 0.418 e. The molecule has 3 amide bonds. The Bertz CT molecular complexity index is 1280. The summed E-state index contributed by atoms with van der Waals surface area (Å²) < 4.78 is 57.3. The molecule has 0 aliphatic heterocycles. The Balaban J connectivity index is 1.51. The molecule has 0 bridgehead atoms. The smallest absolute Gasteiger partial charge is 0.418 e. The third kappa shape index (κ3) is 7.65. The van der Waals surface area contributed by atoms with Crippen LogP contribution in [0.1, 0.15) is 11.1 Å². The van der Waals surface area contributed by atoms with E-state index in [2.05, 4.69) is 15.7 Å². The molecule has 0 spiro atoms. The van der Waals surface area contributed by atoms with Crippen molar-refractivity contribution in [2.24, 2.45) is 5.10 Å². The quantitative estimate of drug-likeness (QED) is 0.197. The van der Waals surface area contributed by atoms with Gasteiger partial charge in [0.2, 0.25) is 0 Å². The van der Waals surface area contributed by atoms with Crippen LogP contribution in [-0.2, 0) is 20.6 Å². The van der Waals surface area contributed by atoms with Gasteiger partial charge in [-0.1, -0.05) is 24.3 Å². The molecule has 3 N–H and O–H groups in total. The van der Waals surface area contributed by atoms with Crippen LogP contribution in [0.25, 0.3) is 0 Å². The number of rotatable bonds is 7. The van der Waals surface area contributed by atoms with Gasteiger partial charge in [-0.15, -0.1) is 0 Å². The van der Waals surface area contributed by atoms with Crippen molar-refractivity contribution in [2.75, 3.05) is 17.2 Å². The number of hydrazone groups is 1. The standard InChI is InChI=1S/C24H18F4N4O4/c25-16-8-10-17(11-9-16)30-22(34)23(35)32-29-13-15-4-3-5-18(12-15)36-14-21(33)31-20-7-2-1-6-19(20)24(26,27)28/h1-13H,14H2,(H,30,34)(H,31,33)(H,32,35)/b29-13-. The zero-order valence-electron chi connectivity index (χ0n) is 18.3. The summed E-state index contributed by atoms with van der Waals surface area (Å²) in [5, 5.41) is 8.09. The predicted molar refractivity (Wildman–Crippen MR) is 123 cm³/mol. The Morgan fingerprint density at radius 1 is 0.889 bits per heavy atom. The van der Waals surface area contributed by atoms with E-state index in [0.29, 0.717) is 5.56 Å². The number of hydrogen-bond acceptors (Lipinski definition) is 5. The molecule has 12 heteroatoms. The highest BCUT2D eigenvalue weighted by molar-refractivity contribution is 6.39. The summed E-state index contributed by atoms with van der Waals surface area (Å²) in [6.07, 6.45) is -3.43. The average Bonchev–Trinajstić information content (AvgIpc) is 2.84. The van der Waals surface area contributed by atoms with E-state index in [1.165, 1.54) is 42.6 Å². The lowest BCUT2D eigenvalue weighted by atomic mass is 10.1. The molecule has 0 fully saturated rings. The Hall–Kier alpha value is -4.74. The molecule has 3 aromatic rings. The lowest BCUT2D eigenvalue weighted by molar-refractivity contribution is -0.137. The molecule has 3 aromatic carbocycles. The van der Waals surface area contributed by atoms with E-state index in [1.54, 1.807) is 12.1 Å². The van der Waals surface area contributed by atoms with Gasteiger partial charge < -0.3 is 15.4 Å². The van der Waals surface area contributed by atoms with Gasteiger partial charge in [0.25, 0.3) is 5.91 Å². The van der Waals surface area contributed by atoms with Crippen LogP contribution in [0.5, 0.6) is 5.75 Å². The monoisotopic (exact) mass is 502 g/mol. The van der Waals surface area contributed by atoms with Gasteiger partial charge in [0, 0.05) is 5.69 Å². The van der Waals surface area contributed by atoms with E-state index in [0.717, 1.165) is 24.3 Å². The molecule has 0 heterocycles. The van der Waals surface area contributed by atoms with E-state index in [4.69, 9.17) is 4.74 Å². The Labute approximate surface area is 202 Å². The number of hydrogen-bond donors (Lipinski definition) is 3. The first-order valence-electron chi connectivity index (χ1n) is 10.2. The Morgan fingerprint density at radius 3 is 2.33 bits per heavy atom. The number of ether oxygens (including phenoxy) is 1. The number of halogens is 4. The van der Waals surface area contributed by atoms with E-state index in [9.17, 15) is 31.9 Å². The zero-order chi connectivity index (χ0) is 26.1. The number of carbonyl (C=O) groups excluding carboxylic acids is 3. The minimum atomic E-state index is -4.63. The molecule has 0 atom stereocenters. The van der Waals surface area contributed by atoms with Crippen LogP contribution in [0.3, 0.4) is 0 Å². The molecule has 36 heavy (non-hydrogen) atoms. The summed E-state index contributed by atoms with van der Waals surface area (Å²) in [4.78, 5) is 35.7. The van der Waals surface area contributed by atoms with E-state index < -0.39 is 47.6 Å². The number of anilines is 2. The van der Waals surface area contributed by atoms with E-state index in [1.807, 2.05) is 5.43 Å². The van der Waals surface area contributed by atoms with Gasteiger partial charge in [0.05, 0.1) is 17.5 Å². The minimum Gasteiger partial charge on any atom is -0.484 e. The van der Waals surface area contributed by atoms with Crippen molar-refractivity contribution in [1.29, 1.82) is 0 Å². The topological polar surface area (TPSA) is 109 Å². The predicted octanol–water partition coefficient (Wildman–Crippen LogP) is 3.95. The van der Waals surface area contributed by atoms with Crippen LogP contribution >= 0.6 is 0 Å². The van der Waals surface area contributed by atoms with Gasteiger partial charge in [-0.05, 0) is 54.1 Å². The lowest BCUT2D eigenvalue weighted by Gasteiger charge is -2.13. The normalized spacial score (nSPS) is 11.1. The SMILES string of the molecule is O=C(COc1cccc(/C=N\NC(=O)C(=O)Nc2ccc(F)cc2)c1)Nc1ccccc1C(F)(F)F. The van der Waals surface area contributed by atoms with Crippen LogP contribution in [0.2, 0.25) is 0 Å². The zero-order valence-corrected chi connectivity index (χ0v) is 18.3. The fourth-order valence-electron chi connectivity index (χ4n) is 2.80. The van der Waals surface area contributed by atoms with Crippen molar-refractivity contribution in [3.63, 3.8) is 0 Å². The number of carbonyl (C=O) groups is 3. The summed E-state index contributed by atoms with van der Waals surface area (Å²) in [6, 6.07) is 15.4. The van der Waals surface area contributed by atoms with Crippen molar-refractivity contribution in [3.8, 4) is 5.75 Å². The van der Waals surface area contributed by atoms with Crippen LogP contribution in [0, 0.1) is 5.82 Å². The van der Waals surface area contributed by atoms with Gasteiger partial charge >= 0.3 is 18.0 Å². The van der Waals surface area contributed by atoms with Gasteiger partial charge in [-0.2, -0.15) is 18.3 Å².